The van der Waals surface area contributed by atoms with E-state index in [0.29, 0.717) is 22.3 Å². The average molecular weight is 421 g/mol. The molecule has 0 saturated heterocycles. The summed E-state index contributed by atoms with van der Waals surface area (Å²) in [7, 11) is 0. The van der Waals surface area contributed by atoms with Crippen LogP contribution < -0.4 is 10.6 Å². The highest BCUT2D eigenvalue weighted by molar-refractivity contribution is 6.05. The molecule has 0 radical (unpaired) electrons. The van der Waals surface area contributed by atoms with E-state index < -0.39 is 11.7 Å². The molecular formula is C24H18F3N3O. The van der Waals surface area contributed by atoms with Gasteiger partial charge in [-0.2, -0.15) is 13.2 Å². The number of rotatable bonds is 4. The van der Waals surface area contributed by atoms with Gasteiger partial charge in [-0.25, -0.2) is 0 Å². The number of aromatic nitrogens is 1. The monoisotopic (exact) mass is 421 g/mol. The van der Waals surface area contributed by atoms with E-state index >= 15 is 0 Å². The summed E-state index contributed by atoms with van der Waals surface area (Å²) < 4.78 is 38.9. The van der Waals surface area contributed by atoms with Crippen LogP contribution in [0, 0.1) is 6.92 Å². The lowest BCUT2D eigenvalue weighted by Gasteiger charge is -2.13. The smallest absolute Gasteiger partial charge is 0.355 e. The van der Waals surface area contributed by atoms with Crippen molar-refractivity contribution in [1.29, 1.82) is 0 Å². The van der Waals surface area contributed by atoms with Crippen LogP contribution in [0.2, 0.25) is 0 Å². The molecule has 0 unspecified atom stereocenters. The molecule has 1 aromatic heterocycles. The van der Waals surface area contributed by atoms with E-state index in [1.54, 1.807) is 30.3 Å². The molecule has 0 aliphatic carbocycles. The molecule has 0 atom stereocenters. The number of para-hydroxylation sites is 1. The molecule has 156 valence electrons. The molecule has 3 aromatic carbocycles. The number of alkyl halides is 3. The van der Waals surface area contributed by atoms with Gasteiger partial charge < -0.3 is 10.6 Å². The highest BCUT2D eigenvalue weighted by atomic mass is 19.4. The number of hydrogen-bond donors (Lipinski definition) is 2. The molecule has 1 amide bonds. The van der Waals surface area contributed by atoms with Gasteiger partial charge in [-0.3, -0.25) is 9.78 Å². The highest BCUT2D eigenvalue weighted by Crippen LogP contribution is 2.33. The van der Waals surface area contributed by atoms with Crippen LogP contribution in [-0.4, -0.2) is 10.9 Å². The number of halogens is 3. The Morgan fingerprint density at radius 2 is 1.71 bits per heavy atom. The maximum absolute atomic E-state index is 13.0. The number of amides is 1. The Morgan fingerprint density at radius 1 is 0.903 bits per heavy atom. The van der Waals surface area contributed by atoms with Crippen molar-refractivity contribution in [2.45, 2.75) is 13.1 Å². The summed E-state index contributed by atoms with van der Waals surface area (Å²) in [5, 5.41) is 6.61. The minimum Gasteiger partial charge on any atom is -0.355 e. The summed E-state index contributed by atoms with van der Waals surface area (Å²) in [6.45, 7) is 1.91. The van der Waals surface area contributed by atoms with Crippen molar-refractivity contribution < 1.29 is 18.0 Å². The zero-order valence-corrected chi connectivity index (χ0v) is 16.5. The molecule has 0 aliphatic heterocycles. The van der Waals surface area contributed by atoms with E-state index in [0.717, 1.165) is 23.4 Å². The molecule has 4 rings (SSSR count). The number of fused-ring (bicyclic) bond motifs is 1. The molecule has 31 heavy (non-hydrogen) atoms. The second-order valence-corrected chi connectivity index (χ2v) is 7.06. The predicted molar refractivity (Wildman–Crippen MR) is 116 cm³/mol. The molecular weight excluding hydrogens is 403 g/mol. The largest absolute Gasteiger partial charge is 0.416 e. The molecule has 2 N–H and O–H groups in total. The van der Waals surface area contributed by atoms with Crippen LogP contribution in [0.1, 0.15) is 21.5 Å². The van der Waals surface area contributed by atoms with Crippen LogP contribution in [0.25, 0.3) is 10.9 Å². The number of carbonyl (C=O) groups is 1. The van der Waals surface area contributed by atoms with Gasteiger partial charge in [0.05, 0.1) is 11.1 Å². The number of hydrogen-bond acceptors (Lipinski definition) is 3. The Balaban J connectivity index is 1.60. The third-order valence-electron chi connectivity index (χ3n) is 4.87. The van der Waals surface area contributed by atoms with Crippen molar-refractivity contribution in [3.05, 3.63) is 95.7 Å². The summed E-state index contributed by atoms with van der Waals surface area (Å²) in [4.78, 5) is 16.7. The number of nitrogens with zero attached hydrogens (tertiary/aromatic N) is 1. The lowest BCUT2D eigenvalue weighted by atomic mass is 10.1. The molecule has 4 nitrogen and oxygen atoms in total. The zero-order chi connectivity index (χ0) is 22.0. The molecule has 0 spiro atoms. The van der Waals surface area contributed by atoms with Crippen molar-refractivity contribution in [3.8, 4) is 0 Å². The van der Waals surface area contributed by atoms with Gasteiger partial charge in [0.15, 0.2) is 0 Å². The van der Waals surface area contributed by atoms with Crippen molar-refractivity contribution in [2.24, 2.45) is 0 Å². The topological polar surface area (TPSA) is 54.0 Å². The standard InChI is InChI=1S/C24H18F3N3O/c1-15-5-2-3-8-20(15)30-23(31)16-6-4-7-18(13-16)29-21-11-12-28-22-14-17(24(25,26)27)9-10-19(21)22/h2-14H,1H3,(H,28,29)(H,30,31). The van der Waals surface area contributed by atoms with Gasteiger partial charge in [0.25, 0.3) is 5.91 Å². The fourth-order valence-corrected chi connectivity index (χ4v) is 3.23. The lowest BCUT2D eigenvalue weighted by molar-refractivity contribution is -0.137. The Bertz CT molecular complexity index is 1270. The van der Waals surface area contributed by atoms with Crippen LogP contribution in [0.4, 0.5) is 30.2 Å². The van der Waals surface area contributed by atoms with Crippen LogP contribution in [-0.2, 0) is 6.18 Å². The normalized spacial score (nSPS) is 11.4. The third kappa shape index (κ3) is 4.50. The summed E-state index contributed by atoms with van der Waals surface area (Å²) in [5.74, 6) is -0.257. The Kier molecular flexibility index (Phi) is 5.33. The van der Waals surface area contributed by atoms with Gasteiger partial charge >= 0.3 is 6.18 Å². The third-order valence-corrected chi connectivity index (χ3v) is 4.87. The first kappa shape index (κ1) is 20.4. The summed E-state index contributed by atoms with van der Waals surface area (Å²) in [6.07, 6.45) is -2.99. The quantitative estimate of drug-likeness (QED) is 0.392. The minimum atomic E-state index is -4.43. The van der Waals surface area contributed by atoms with E-state index in [9.17, 15) is 18.0 Å². The van der Waals surface area contributed by atoms with Crippen molar-refractivity contribution in [2.75, 3.05) is 10.6 Å². The summed E-state index contributed by atoms with van der Waals surface area (Å²) in [6, 6.07) is 19.5. The maximum Gasteiger partial charge on any atom is 0.416 e. The van der Waals surface area contributed by atoms with Crippen LogP contribution in [0.5, 0.6) is 0 Å². The first-order valence-corrected chi connectivity index (χ1v) is 9.51. The number of carbonyl (C=O) groups excluding carboxylic acids is 1. The van der Waals surface area contributed by atoms with Crippen molar-refractivity contribution in [1.82, 2.24) is 4.98 Å². The molecule has 7 heteroatoms. The van der Waals surface area contributed by atoms with Crippen LogP contribution >= 0.6 is 0 Å². The van der Waals surface area contributed by atoms with E-state index in [4.69, 9.17) is 0 Å². The SMILES string of the molecule is Cc1ccccc1NC(=O)c1cccc(Nc2ccnc3cc(C(F)(F)F)ccc23)c1. The fourth-order valence-electron chi connectivity index (χ4n) is 3.23. The van der Waals surface area contributed by atoms with Gasteiger partial charge in [0, 0.05) is 34.2 Å². The molecule has 0 bridgehead atoms. The van der Waals surface area contributed by atoms with E-state index in [1.165, 1.54) is 12.3 Å². The minimum absolute atomic E-state index is 0.230. The van der Waals surface area contributed by atoms with Crippen LogP contribution in [0.15, 0.2) is 79.0 Å². The van der Waals surface area contributed by atoms with Gasteiger partial charge in [-0.1, -0.05) is 30.3 Å². The number of aryl methyl sites for hydroxylation is 1. The molecule has 4 aromatic rings. The van der Waals surface area contributed by atoms with Crippen molar-refractivity contribution in [3.63, 3.8) is 0 Å². The second kappa shape index (κ2) is 8.10. The maximum atomic E-state index is 13.0. The summed E-state index contributed by atoms with van der Waals surface area (Å²) in [5.41, 5.74) is 2.83. The Morgan fingerprint density at radius 3 is 2.48 bits per heavy atom. The first-order valence-electron chi connectivity index (χ1n) is 9.51. The van der Waals surface area contributed by atoms with Crippen molar-refractivity contribution >= 4 is 33.9 Å². The average Bonchev–Trinajstić information content (AvgIpc) is 2.75. The van der Waals surface area contributed by atoms with Gasteiger partial charge in [-0.05, 0) is 55.0 Å². The second-order valence-electron chi connectivity index (χ2n) is 7.06. The molecule has 0 saturated carbocycles. The lowest BCUT2D eigenvalue weighted by Crippen LogP contribution is -2.12. The molecule has 0 fully saturated rings. The van der Waals surface area contributed by atoms with E-state index in [1.807, 2.05) is 31.2 Å². The van der Waals surface area contributed by atoms with E-state index in [2.05, 4.69) is 15.6 Å². The fraction of sp³-hybridized carbons (Fsp3) is 0.0833. The number of pyridine rings is 1. The summed E-state index contributed by atoms with van der Waals surface area (Å²) >= 11 is 0. The van der Waals surface area contributed by atoms with Crippen LogP contribution in [0.3, 0.4) is 0 Å². The molecule has 0 aliphatic rings. The molecule has 1 heterocycles. The Hall–Kier alpha value is -3.87. The highest BCUT2D eigenvalue weighted by Gasteiger charge is 2.30. The zero-order valence-electron chi connectivity index (χ0n) is 16.5. The van der Waals surface area contributed by atoms with E-state index in [-0.39, 0.29) is 11.4 Å². The Labute approximate surface area is 176 Å². The van der Waals surface area contributed by atoms with Gasteiger partial charge in [0.2, 0.25) is 0 Å². The van der Waals surface area contributed by atoms with Gasteiger partial charge in [0.1, 0.15) is 0 Å². The number of anilines is 3. The number of nitrogens with one attached hydrogen (secondary N) is 2. The predicted octanol–water partition coefficient (Wildman–Crippen LogP) is 6.56. The number of benzene rings is 3. The van der Waals surface area contributed by atoms with Gasteiger partial charge in [-0.15, -0.1) is 0 Å². The first-order chi connectivity index (χ1) is 14.8.